The highest BCUT2D eigenvalue weighted by Gasteiger charge is 2.07. The summed E-state index contributed by atoms with van der Waals surface area (Å²) in [4.78, 5) is 0. The second kappa shape index (κ2) is 5.38. The van der Waals surface area contributed by atoms with Gasteiger partial charge in [0.05, 0.1) is 0 Å². The Hall–Kier alpha value is -1.37. The van der Waals surface area contributed by atoms with Gasteiger partial charge in [-0.3, -0.25) is 11.3 Å². The van der Waals surface area contributed by atoms with Crippen molar-refractivity contribution in [2.24, 2.45) is 5.84 Å². The fourth-order valence-corrected chi connectivity index (χ4v) is 1.27. The van der Waals surface area contributed by atoms with E-state index in [4.69, 9.17) is 12.3 Å². The standard InChI is InChI=1S/C11H13FN2/c1-2-3-4-11(14-13)9-5-7-10(12)8-6-9/h1,5-8,11,14H,3-4,13H2. The van der Waals surface area contributed by atoms with Gasteiger partial charge in [-0.05, 0) is 24.1 Å². The molecule has 0 aliphatic rings. The topological polar surface area (TPSA) is 38.0 Å². The zero-order valence-electron chi connectivity index (χ0n) is 7.83. The third-order valence-electron chi connectivity index (χ3n) is 2.05. The van der Waals surface area contributed by atoms with Crippen molar-refractivity contribution in [3.8, 4) is 12.3 Å². The molecule has 14 heavy (non-hydrogen) atoms. The van der Waals surface area contributed by atoms with E-state index in [0.717, 1.165) is 12.0 Å². The molecule has 74 valence electrons. The number of terminal acetylenes is 1. The molecular weight excluding hydrogens is 179 g/mol. The summed E-state index contributed by atoms with van der Waals surface area (Å²) < 4.78 is 12.6. The maximum absolute atomic E-state index is 12.6. The van der Waals surface area contributed by atoms with Crippen molar-refractivity contribution in [3.05, 3.63) is 35.6 Å². The lowest BCUT2D eigenvalue weighted by molar-refractivity contribution is 0.522. The van der Waals surface area contributed by atoms with E-state index in [9.17, 15) is 4.39 Å². The molecule has 1 unspecified atom stereocenters. The van der Waals surface area contributed by atoms with Gasteiger partial charge < -0.3 is 0 Å². The van der Waals surface area contributed by atoms with Crippen molar-refractivity contribution in [2.45, 2.75) is 18.9 Å². The molecule has 0 aromatic heterocycles. The normalized spacial score (nSPS) is 12.1. The molecule has 0 fully saturated rings. The van der Waals surface area contributed by atoms with Gasteiger partial charge in [-0.2, -0.15) is 0 Å². The number of nitrogens with one attached hydrogen (secondary N) is 1. The van der Waals surface area contributed by atoms with Gasteiger partial charge in [0.1, 0.15) is 5.82 Å². The van der Waals surface area contributed by atoms with E-state index in [1.54, 1.807) is 12.1 Å². The van der Waals surface area contributed by atoms with Crippen LogP contribution in [0.3, 0.4) is 0 Å². The minimum absolute atomic E-state index is 0.00773. The fourth-order valence-electron chi connectivity index (χ4n) is 1.27. The van der Waals surface area contributed by atoms with Gasteiger partial charge in [0.25, 0.3) is 0 Å². The lowest BCUT2D eigenvalue weighted by atomic mass is 10.0. The fraction of sp³-hybridized carbons (Fsp3) is 0.273. The Morgan fingerprint density at radius 2 is 2.07 bits per heavy atom. The molecular formula is C11H13FN2. The number of hydrogen-bond donors (Lipinski definition) is 2. The average Bonchev–Trinajstić information content (AvgIpc) is 2.21. The Bertz CT molecular complexity index is 313. The smallest absolute Gasteiger partial charge is 0.123 e. The minimum atomic E-state index is -0.249. The largest absolute Gasteiger partial charge is 0.271 e. The van der Waals surface area contributed by atoms with Crippen molar-refractivity contribution in [3.63, 3.8) is 0 Å². The van der Waals surface area contributed by atoms with Gasteiger partial charge in [0.2, 0.25) is 0 Å². The maximum atomic E-state index is 12.6. The van der Waals surface area contributed by atoms with Crippen LogP contribution in [-0.4, -0.2) is 0 Å². The highest BCUT2D eigenvalue weighted by molar-refractivity contribution is 5.19. The van der Waals surface area contributed by atoms with Crippen LogP contribution in [0.2, 0.25) is 0 Å². The third kappa shape index (κ3) is 2.84. The molecule has 3 N–H and O–H groups in total. The number of halogens is 1. The molecule has 0 aliphatic carbocycles. The molecule has 3 heteroatoms. The highest BCUT2D eigenvalue weighted by Crippen LogP contribution is 2.17. The molecule has 1 rings (SSSR count). The second-order valence-electron chi connectivity index (χ2n) is 3.01. The van der Waals surface area contributed by atoms with E-state index in [2.05, 4.69) is 11.3 Å². The van der Waals surface area contributed by atoms with E-state index in [1.165, 1.54) is 12.1 Å². The Balaban J connectivity index is 2.69. The van der Waals surface area contributed by atoms with Crippen molar-refractivity contribution in [1.29, 1.82) is 0 Å². The summed E-state index contributed by atoms with van der Waals surface area (Å²) >= 11 is 0. The quantitative estimate of drug-likeness (QED) is 0.433. The Kier molecular flexibility index (Phi) is 4.11. The Morgan fingerprint density at radius 1 is 1.43 bits per heavy atom. The van der Waals surface area contributed by atoms with E-state index < -0.39 is 0 Å². The lowest BCUT2D eigenvalue weighted by Crippen LogP contribution is -2.27. The molecule has 0 heterocycles. The summed E-state index contributed by atoms with van der Waals surface area (Å²) in [5, 5.41) is 0. The van der Waals surface area contributed by atoms with E-state index in [0.29, 0.717) is 6.42 Å². The first-order valence-electron chi connectivity index (χ1n) is 4.43. The summed E-state index contributed by atoms with van der Waals surface area (Å²) in [6.07, 6.45) is 6.55. The average molecular weight is 192 g/mol. The van der Waals surface area contributed by atoms with Crippen molar-refractivity contribution in [1.82, 2.24) is 5.43 Å². The molecule has 1 aromatic rings. The van der Waals surface area contributed by atoms with Crippen LogP contribution in [0, 0.1) is 18.2 Å². The van der Waals surface area contributed by atoms with Crippen LogP contribution < -0.4 is 11.3 Å². The Morgan fingerprint density at radius 3 is 2.57 bits per heavy atom. The molecule has 1 aromatic carbocycles. The summed E-state index contributed by atoms with van der Waals surface area (Å²) in [6.45, 7) is 0. The van der Waals surface area contributed by atoms with E-state index >= 15 is 0 Å². The second-order valence-corrected chi connectivity index (χ2v) is 3.01. The van der Waals surface area contributed by atoms with Crippen molar-refractivity contribution >= 4 is 0 Å². The number of hydrogen-bond acceptors (Lipinski definition) is 2. The van der Waals surface area contributed by atoms with E-state index in [-0.39, 0.29) is 11.9 Å². The molecule has 0 amide bonds. The zero-order valence-corrected chi connectivity index (χ0v) is 7.83. The summed E-state index contributed by atoms with van der Waals surface area (Å²) in [5.74, 6) is 7.67. The predicted molar refractivity (Wildman–Crippen MR) is 54.5 cm³/mol. The molecule has 0 saturated carbocycles. The summed E-state index contributed by atoms with van der Waals surface area (Å²) in [6, 6.07) is 6.23. The third-order valence-corrected chi connectivity index (χ3v) is 2.05. The minimum Gasteiger partial charge on any atom is -0.271 e. The Labute approximate surface area is 83.3 Å². The monoisotopic (exact) mass is 192 g/mol. The van der Waals surface area contributed by atoms with Crippen LogP contribution in [-0.2, 0) is 0 Å². The molecule has 1 atom stereocenters. The van der Waals surface area contributed by atoms with Gasteiger partial charge in [-0.25, -0.2) is 4.39 Å². The zero-order chi connectivity index (χ0) is 10.4. The van der Waals surface area contributed by atoms with Gasteiger partial charge in [0.15, 0.2) is 0 Å². The molecule has 0 spiro atoms. The molecule has 2 nitrogen and oxygen atoms in total. The number of nitrogens with two attached hydrogens (primary N) is 1. The highest BCUT2D eigenvalue weighted by atomic mass is 19.1. The first-order chi connectivity index (χ1) is 6.77. The lowest BCUT2D eigenvalue weighted by Gasteiger charge is -2.14. The maximum Gasteiger partial charge on any atom is 0.123 e. The van der Waals surface area contributed by atoms with Crippen molar-refractivity contribution < 1.29 is 4.39 Å². The SMILES string of the molecule is C#CCCC(NN)c1ccc(F)cc1. The van der Waals surface area contributed by atoms with Crippen LogP contribution in [0.4, 0.5) is 4.39 Å². The molecule has 0 radical (unpaired) electrons. The van der Waals surface area contributed by atoms with Crippen LogP contribution in [0.5, 0.6) is 0 Å². The van der Waals surface area contributed by atoms with Crippen LogP contribution >= 0.6 is 0 Å². The van der Waals surface area contributed by atoms with Crippen LogP contribution in [0.25, 0.3) is 0 Å². The molecule has 0 saturated heterocycles. The van der Waals surface area contributed by atoms with Gasteiger partial charge in [-0.1, -0.05) is 12.1 Å². The summed E-state index contributed by atoms with van der Waals surface area (Å²) in [5.41, 5.74) is 3.60. The van der Waals surface area contributed by atoms with Gasteiger partial charge in [-0.15, -0.1) is 12.3 Å². The van der Waals surface area contributed by atoms with E-state index in [1.807, 2.05) is 0 Å². The number of hydrazine groups is 1. The number of rotatable bonds is 4. The van der Waals surface area contributed by atoms with Crippen LogP contribution in [0.1, 0.15) is 24.4 Å². The summed E-state index contributed by atoms with van der Waals surface area (Å²) in [7, 11) is 0. The van der Waals surface area contributed by atoms with Gasteiger partial charge in [0, 0.05) is 12.5 Å². The molecule has 0 aliphatic heterocycles. The predicted octanol–water partition coefficient (Wildman–Crippen LogP) is 1.74. The first kappa shape index (κ1) is 10.7. The molecule has 0 bridgehead atoms. The van der Waals surface area contributed by atoms with Crippen LogP contribution in [0.15, 0.2) is 24.3 Å². The number of benzene rings is 1. The first-order valence-corrected chi connectivity index (χ1v) is 4.43. The van der Waals surface area contributed by atoms with Gasteiger partial charge >= 0.3 is 0 Å². The van der Waals surface area contributed by atoms with Crippen molar-refractivity contribution in [2.75, 3.05) is 0 Å².